The summed E-state index contributed by atoms with van der Waals surface area (Å²) in [4.78, 5) is 28.0. The first-order valence-electron chi connectivity index (χ1n) is 10.0. The van der Waals surface area contributed by atoms with E-state index >= 15 is 0 Å². The van der Waals surface area contributed by atoms with Crippen LogP contribution in [-0.4, -0.2) is 31.0 Å². The molecule has 0 saturated heterocycles. The lowest BCUT2D eigenvalue weighted by Gasteiger charge is -2.23. The molecule has 0 radical (unpaired) electrons. The van der Waals surface area contributed by atoms with Gasteiger partial charge in [-0.1, -0.05) is 48.0 Å². The van der Waals surface area contributed by atoms with Gasteiger partial charge in [0.2, 0.25) is 0 Å². The summed E-state index contributed by atoms with van der Waals surface area (Å²) in [5, 5.41) is 12.0. The molecule has 1 amide bonds. The second-order valence-corrected chi connectivity index (χ2v) is 7.94. The van der Waals surface area contributed by atoms with E-state index < -0.39 is 23.7 Å². The zero-order valence-electron chi connectivity index (χ0n) is 17.7. The number of para-hydroxylation sites is 1. The number of rotatable bonds is 7. The number of anilines is 1. The molecule has 0 spiro atoms. The van der Waals surface area contributed by atoms with Crippen molar-refractivity contribution in [1.29, 1.82) is 0 Å². The van der Waals surface area contributed by atoms with Crippen molar-refractivity contribution in [3.63, 3.8) is 0 Å². The monoisotopic (exact) mass is 451 g/mol. The topological polar surface area (TPSA) is 76.1 Å². The van der Waals surface area contributed by atoms with Gasteiger partial charge in [-0.3, -0.25) is 9.59 Å². The molecule has 1 aliphatic rings. The van der Waals surface area contributed by atoms with E-state index in [9.17, 15) is 14.7 Å². The highest BCUT2D eigenvalue weighted by Crippen LogP contribution is 2.44. The predicted molar refractivity (Wildman–Crippen MR) is 121 cm³/mol. The van der Waals surface area contributed by atoms with E-state index in [1.54, 1.807) is 42.5 Å². The summed E-state index contributed by atoms with van der Waals surface area (Å²) in [7, 11) is 2.98. The van der Waals surface area contributed by atoms with E-state index in [0.717, 1.165) is 5.56 Å². The number of nitrogens with zero attached hydrogens (tertiary/aromatic N) is 1. The van der Waals surface area contributed by atoms with Crippen molar-refractivity contribution in [3.8, 4) is 11.5 Å². The molecule has 7 heteroatoms. The molecular formula is C25H22ClNO5. The molecule has 0 bridgehead atoms. The van der Waals surface area contributed by atoms with E-state index in [1.165, 1.54) is 25.2 Å². The molecule has 3 aromatic rings. The van der Waals surface area contributed by atoms with Crippen LogP contribution >= 0.6 is 11.6 Å². The summed E-state index contributed by atoms with van der Waals surface area (Å²) in [6.45, 7) is 0.183. The van der Waals surface area contributed by atoms with Crippen molar-refractivity contribution in [1.82, 2.24) is 0 Å². The molecule has 1 aliphatic heterocycles. The van der Waals surface area contributed by atoms with Gasteiger partial charge in [0.1, 0.15) is 0 Å². The van der Waals surface area contributed by atoms with Gasteiger partial charge < -0.3 is 19.5 Å². The maximum Gasteiger partial charge on any atom is 0.264 e. The van der Waals surface area contributed by atoms with Gasteiger partial charge in [0.15, 0.2) is 22.9 Å². The minimum Gasteiger partial charge on any atom is -0.493 e. The first-order valence-corrected chi connectivity index (χ1v) is 10.4. The van der Waals surface area contributed by atoms with E-state index in [4.69, 9.17) is 21.1 Å². The zero-order valence-corrected chi connectivity index (χ0v) is 18.4. The van der Waals surface area contributed by atoms with Crippen molar-refractivity contribution in [3.05, 3.63) is 88.4 Å². The summed E-state index contributed by atoms with van der Waals surface area (Å²) < 4.78 is 10.5. The highest BCUT2D eigenvalue weighted by atomic mass is 35.5. The third-order valence-electron chi connectivity index (χ3n) is 5.65. The van der Waals surface area contributed by atoms with Gasteiger partial charge in [0.05, 0.1) is 32.9 Å². The zero-order chi connectivity index (χ0) is 22.9. The van der Waals surface area contributed by atoms with Crippen LogP contribution in [0.3, 0.4) is 0 Å². The molecule has 6 nitrogen and oxygen atoms in total. The fraction of sp³-hybridized carbons (Fsp3) is 0.200. The lowest BCUT2D eigenvalue weighted by Crippen LogP contribution is -2.41. The largest absolute Gasteiger partial charge is 0.493 e. The number of hydrogen-bond donors (Lipinski definition) is 1. The van der Waals surface area contributed by atoms with Gasteiger partial charge in [-0.25, -0.2) is 0 Å². The van der Waals surface area contributed by atoms with Crippen LogP contribution in [0.5, 0.6) is 11.5 Å². The third kappa shape index (κ3) is 3.72. The van der Waals surface area contributed by atoms with Crippen molar-refractivity contribution >= 4 is 29.0 Å². The number of ether oxygens (including phenoxy) is 2. The summed E-state index contributed by atoms with van der Waals surface area (Å²) in [6.07, 6.45) is -0.405. The van der Waals surface area contributed by atoms with Gasteiger partial charge in [-0.05, 0) is 35.9 Å². The summed E-state index contributed by atoms with van der Waals surface area (Å²) in [5.74, 6) is -0.0801. The molecule has 1 N–H and O–H groups in total. The highest BCUT2D eigenvalue weighted by Gasteiger charge is 2.50. The number of halogens is 1. The Morgan fingerprint density at radius 2 is 1.69 bits per heavy atom. The Labute approximate surface area is 191 Å². The Morgan fingerprint density at radius 1 is 1.00 bits per heavy atom. The maximum atomic E-state index is 13.4. The minimum atomic E-state index is -1.98. The molecule has 0 fully saturated rings. The highest BCUT2D eigenvalue weighted by molar-refractivity contribution is 6.31. The molecule has 0 aliphatic carbocycles. The predicted octanol–water partition coefficient (Wildman–Crippen LogP) is 4.36. The van der Waals surface area contributed by atoms with Gasteiger partial charge in [0, 0.05) is 16.1 Å². The van der Waals surface area contributed by atoms with E-state index in [-0.39, 0.29) is 6.54 Å². The Hall–Kier alpha value is -3.35. The van der Waals surface area contributed by atoms with Gasteiger partial charge in [-0.15, -0.1) is 0 Å². The molecule has 1 atom stereocenters. The number of benzene rings is 3. The number of ketones is 1. The first-order chi connectivity index (χ1) is 15.4. The van der Waals surface area contributed by atoms with E-state index in [1.807, 2.05) is 18.2 Å². The van der Waals surface area contributed by atoms with Crippen LogP contribution in [0, 0.1) is 0 Å². The number of Topliss-reactive ketones (excluding diaryl/α,β-unsaturated/α-hetero) is 1. The average molecular weight is 452 g/mol. The van der Waals surface area contributed by atoms with Crippen molar-refractivity contribution in [2.24, 2.45) is 0 Å². The number of carbonyl (C=O) groups excluding carboxylic acids is 2. The minimum absolute atomic E-state index is 0.183. The summed E-state index contributed by atoms with van der Waals surface area (Å²) in [5.41, 5.74) is 0.0202. The van der Waals surface area contributed by atoms with E-state index in [0.29, 0.717) is 33.3 Å². The molecule has 3 aromatic carbocycles. The van der Waals surface area contributed by atoms with Crippen LogP contribution in [0.4, 0.5) is 5.69 Å². The fourth-order valence-electron chi connectivity index (χ4n) is 3.98. The molecule has 0 saturated carbocycles. The number of amides is 1. The quantitative estimate of drug-likeness (QED) is 0.540. The maximum absolute atomic E-state index is 13.4. The van der Waals surface area contributed by atoms with Crippen molar-refractivity contribution in [2.75, 3.05) is 19.1 Å². The van der Waals surface area contributed by atoms with Gasteiger partial charge in [-0.2, -0.15) is 0 Å². The number of hydrogen-bond acceptors (Lipinski definition) is 5. The summed E-state index contributed by atoms with van der Waals surface area (Å²) in [6, 6.07) is 18.9. The van der Waals surface area contributed by atoms with Gasteiger partial charge in [0.25, 0.3) is 5.91 Å². The second-order valence-electron chi connectivity index (χ2n) is 7.53. The number of fused-ring (bicyclic) bond motifs is 1. The lowest BCUT2D eigenvalue weighted by atomic mass is 9.88. The molecule has 164 valence electrons. The number of aliphatic hydroxyl groups is 1. The SMILES string of the molecule is COc1ccc(C(=O)C[C@]2(O)C(=O)N(Cc3ccccc3Cl)c3ccccc32)cc1OC. The van der Waals surface area contributed by atoms with E-state index in [2.05, 4.69) is 0 Å². The Kier molecular flexibility index (Phi) is 5.91. The smallest absolute Gasteiger partial charge is 0.264 e. The van der Waals surface area contributed by atoms with Crippen LogP contribution in [0.2, 0.25) is 5.02 Å². The Morgan fingerprint density at radius 3 is 2.41 bits per heavy atom. The normalized spacial score (nSPS) is 17.2. The van der Waals surface area contributed by atoms with Crippen LogP contribution < -0.4 is 14.4 Å². The molecule has 0 aromatic heterocycles. The molecule has 4 rings (SSSR count). The van der Waals surface area contributed by atoms with Crippen LogP contribution in [0.15, 0.2) is 66.7 Å². The number of methoxy groups -OCH3 is 2. The molecule has 32 heavy (non-hydrogen) atoms. The number of carbonyl (C=O) groups is 2. The summed E-state index contributed by atoms with van der Waals surface area (Å²) >= 11 is 6.29. The second kappa shape index (κ2) is 8.65. The van der Waals surface area contributed by atoms with Gasteiger partial charge >= 0.3 is 0 Å². The Balaban J connectivity index is 1.67. The van der Waals surface area contributed by atoms with Crippen molar-refractivity contribution < 1.29 is 24.2 Å². The first kappa shape index (κ1) is 21.9. The lowest BCUT2D eigenvalue weighted by molar-refractivity contribution is -0.136. The van der Waals surface area contributed by atoms with Crippen molar-refractivity contribution in [2.45, 2.75) is 18.6 Å². The molecule has 1 heterocycles. The van der Waals surface area contributed by atoms with Crippen LogP contribution in [0.25, 0.3) is 0 Å². The third-order valence-corrected chi connectivity index (χ3v) is 6.02. The Bertz CT molecular complexity index is 1190. The average Bonchev–Trinajstić information content (AvgIpc) is 3.01. The van der Waals surface area contributed by atoms with Crippen LogP contribution in [0.1, 0.15) is 27.9 Å². The standard InChI is InChI=1S/C25H22ClNO5/c1-31-22-12-11-16(13-23(22)32-2)21(28)14-25(30)18-8-4-6-10-20(18)27(24(25)29)15-17-7-3-5-9-19(17)26/h3-13,30H,14-15H2,1-2H3/t25-/m1/s1. The molecule has 0 unspecified atom stereocenters. The molecular weight excluding hydrogens is 430 g/mol. The fourth-order valence-corrected chi connectivity index (χ4v) is 4.17. The van der Waals surface area contributed by atoms with Crippen LogP contribution in [-0.2, 0) is 16.9 Å².